The van der Waals surface area contributed by atoms with Gasteiger partial charge in [-0.1, -0.05) is 0 Å². The molecular weight excluding hydrogens is 500 g/mol. The van der Waals surface area contributed by atoms with E-state index in [0.29, 0.717) is 13.8 Å². The summed E-state index contributed by atoms with van der Waals surface area (Å²) in [5, 5.41) is 0. The first-order valence-electron chi connectivity index (χ1n) is 8.58. The van der Waals surface area contributed by atoms with Crippen LogP contribution in [-0.2, 0) is 0 Å². The molecule has 0 amide bonds. The van der Waals surface area contributed by atoms with Crippen molar-refractivity contribution in [1.29, 1.82) is 0 Å². The van der Waals surface area contributed by atoms with Gasteiger partial charge in [-0.3, -0.25) is 0 Å². The molecule has 0 spiro atoms. The lowest BCUT2D eigenvalue weighted by Gasteiger charge is -2.16. The van der Waals surface area contributed by atoms with Gasteiger partial charge in [0.1, 0.15) is 0 Å². The Bertz CT molecular complexity index is 1200. The molecule has 2 nitrogen and oxygen atoms in total. The lowest BCUT2D eigenvalue weighted by Crippen LogP contribution is -2.09. The molecule has 0 aliphatic carbocycles. The van der Waals surface area contributed by atoms with Crippen LogP contribution in [-0.4, -0.2) is 0 Å². The summed E-state index contributed by atoms with van der Waals surface area (Å²) in [5.41, 5.74) is -2.43. The maximum Gasteiger partial charge on any atom is 0.214 e. The zero-order valence-electron chi connectivity index (χ0n) is 16.4. The van der Waals surface area contributed by atoms with Crippen LogP contribution in [0.15, 0.2) is 0 Å². The van der Waals surface area contributed by atoms with Crippen molar-refractivity contribution >= 4 is 0 Å². The fourth-order valence-corrected chi connectivity index (χ4v) is 2.60. The Balaban J connectivity index is 2.24. The van der Waals surface area contributed by atoms with Crippen LogP contribution in [0.5, 0.6) is 23.0 Å². The average Bonchev–Trinajstić information content (AvgIpc) is 2.81. The van der Waals surface area contributed by atoms with Crippen molar-refractivity contribution in [2.24, 2.45) is 0 Å². The summed E-state index contributed by atoms with van der Waals surface area (Å²) in [7, 11) is 0. The molecule has 0 aliphatic rings. The molecule has 3 aromatic carbocycles. The topological polar surface area (TPSA) is 18.5 Å². The fourth-order valence-electron chi connectivity index (χ4n) is 2.60. The largest absolute Gasteiger partial charge is 0.444 e. The van der Waals surface area contributed by atoms with Crippen molar-refractivity contribution in [3.05, 3.63) is 80.9 Å². The molecule has 0 N–H and O–H groups in total. The van der Waals surface area contributed by atoms with E-state index in [4.69, 9.17) is 0 Å². The Morgan fingerprint density at radius 1 is 0.294 bits per heavy atom. The van der Waals surface area contributed by atoms with Gasteiger partial charge in [0.05, 0.1) is 0 Å². The summed E-state index contributed by atoms with van der Waals surface area (Å²) < 4.78 is 176. The highest BCUT2D eigenvalue weighted by Gasteiger charge is 2.34. The van der Waals surface area contributed by atoms with Crippen LogP contribution < -0.4 is 9.47 Å². The molecule has 0 bridgehead atoms. The lowest BCUT2D eigenvalue weighted by atomic mass is 10.2. The Kier molecular flexibility index (Phi) is 6.37. The summed E-state index contributed by atoms with van der Waals surface area (Å²) >= 11 is 0. The minimum absolute atomic E-state index is 0.578. The third-order valence-electron chi connectivity index (χ3n) is 4.48. The molecule has 14 heteroatoms. The minimum Gasteiger partial charge on any atom is -0.444 e. The second-order valence-corrected chi connectivity index (χ2v) is 6.54. The first-order chi connectivity index (χ1) is 15.7. The summed E-state index contributed by atoms with van der Waals surface area (Å²) in [5.74, 6) is -37.2. The summed E-state index contributed by atoms with van der Waals surface area (Å²) in [6.07, 6.45) is 0. The molecule has 182 valence electrons. The molecule has 0 saturated carbocycles. The van der Waals surface area contributed by atoms with Crippen LogP contribution in [0.2, 0.25) is 0 Å². The van der Waals surface area contributed by atoms with Gasteiger partial charge in [0.15, 0.2) is 23.3 Å². The average molecular weight is 506 g/mol. The fraction of sp³-hybridized carbons (Fsp3) is 0.100. The van der Waals surface area contributed by atoms with Crippen LogP contribution in [0, 0.1) is 83.7 Å². The highest BCUT2D eigenvalue weighted by molar-refractivity contribution is 5.46. The van der Waals surface area contributed by atoms with Gasteiger partial charge in [0, 0.05) is 11.1 Å². The van der Waals surface area contributed by atoms with E-state index < -0.39 is 104 Å². The van der Waals surface area contributed by atoms with Crippen LogP contribution in [0.25, 0.3) is 0 Å². The van der Waals surface area contributed by atoms with Crippen LogP contribution in [0.3, 0.4) is 0 Å². The summed E-state index contributed by atoms with van der Waals surface area (Å²) in [6, 6.07) is 0. The number of ether oxygens (including phenoxy) is 2. The van der Waals surface area contributed by atoms with Gasteiger partial charge < -0.3 is 9.47 Å². The molecule has 0 unspecified atom stereocenters. The quantitative estimate of drug-likeness (QED) is 0.207. The number of rotatable bonds is 4. The third-order valence-corrected chi connectivity index (χ3v) is 4.48. The van der Waals surface area contributed by atoms with Crippen LogP contribution in [0.4, 0.5) is 52.7 Å². The van der Waals surface area contributed by atoms with Gasteiger partial charge in [-0.2, -0.15) is 30.7 Å². The maximum atomic E-state index is 14.7. The number of benzene rings is 3. The first-order valence-corrected chi connectivity index (χ1v) is 8.58. The van der Waals surface area contributed by atoms with E-state index in [1.807, 2.05) is 0 Å². The maximum absolute atomic E-state index is 14.7. The van der Waals surface area contributed by atoms with Gasteiger partial charge in [-0.05, 0) is 13.8 Å². The molecule has 0 radical (unpaired) electrons. The van der Waals surface area contributed by atoms with E-state index in [1.54, 1.807) is 0 Å². The summed E-state index contributed by atoms with van der Waals surface area (Å²) in [6.45, 7) is 1.16. The van der Waals surface area contributed by atoms with Crippen molar-refractivity contribution in [2.45, 2.75) is 13.8 Å². The van der Waals surface area contributed by atoms with Gasteiger partial charge in [-0.15, -0.1) is 0 Å². The van der Waals surface area contributed by atoms with Crippen molar-refractivity contribution in [1.82, 2.24) is 0 Å². The van der Waals surface area contributed by atoms with E-state index in [-0.39, 0.29) is 0 Å². The van der Waals surface area contributed by atoms with Gasteiger partial charge >= 0.3 is 0 Å². The Morgan fingerprint density at radius 3 is 0.765 bits per heavy atom. The highest BCUT2D eigenvalue weighted by atomic mass is 19.2. The van der Waals surface area contributed by atoms with Crippen LogP contribution >= 0.6 is 0 Å². The van der Waals surface area contributed by atoms with Crippen molar-refractivity contribution < 1.29 is 62.2 Å². The predicted octanol–water partition coefficient (Wildman–Crippen LogP) is 7.56. The Hall–Kier alpha value is -3.58. The predicted molar refractivity (Wildman–Crippen MR) is 88.4 cm³/mol. The van der Waals surface area contributed by atoms with E-state index >= 15 is 0 Å². The SMILES string of the molecule is Cc1c(F)c(F)c(Oc2c(F)c(F)c(F)c(Oc3c(F)c(F)c(C)c(F)c3F)c2F)c(F)c1F. The van der Waals surface area contributed by atoms with Crippen molar-refractivity contribution in [3.63, 3.8) is 0 Å². The van der Waals surface area contributed by atoms with Crippen molar-refractivity contribution in [3.8, 4) is 23.0 Å². The molecule has 0 atom stereocenters. The zero-order valence-corrected chi connectivity index (χ0v) is 16.4. The standard InChI is InChI=1S/C20H6F12O2/c1-3-5(21)10(26)17(11(27)6(3)22)33-19-14(30)9(25)15(31)20(16(19)32)34-18-12(28)7(23)4(2)8(24)13(18)29/h1-2H3. The zero-order chi connectivity index (χ0) is 25.8. The number of hydrogen-bond acceptors (Lipinski definition) is 2. The van der Waals surface area contributed by atoms with E-state index in [0.717, 1.165) is 0 Å². The highest BCUT2D eigenvalue weighted by Crippen LogP contribution is 2.43. The molecule has 0 fully saturated rings. The Morgan fingerprint density at radius 2 is 0.500 bits per heavy atom. The Labute approximate surface area is 180 Å². The van der Waals surface area contributed by atoms with Crippen molar-refractivity contribution in [2.75, 3.05) is 0 Å². The smallest absolute Gasteiger partial charge is 0.214 e. The summed E-state index contributed by atoms with van der Waals surface area (Å²) in [4.78, 5) is 0. The van der Waals surface area contributed by atoms with E-state index in [1.165, 1.54) is 0 Å². The van der Waals surface area contributed by atoms with Gasteiger partial charge in [0.2, 0.25) is 69.5 Å². The van der Waals surface area contributed by atoms with Gasteiger partial charge in [-0.25, -0.2) is 22.0 Å². The van der Waals surface area contributed by atoms with E-state index in [2.05, 4.69) is 9.47 Å². The second kappa shape index (κ2) is 8.65. The lowest BCUT2D eigenvalue weighted by molar-refractivity contribution is 0.296. The number of halogens is 12. The monoisotopic (exact) mass is 506 g/mol. The molecule has 0 saturated heterocycles. The molecule has 3 aromatic rings. The van der Waals surface area contributed by atoms with Gasteiger partial charge in [0.25, 0.3) is 0 Å². The second-order valence-electron chi connectivity index (χ2n) is 6.54. The normalized spacial score (nSPS) is 11.2. The molecule has 3 rings (SSSR count). The minimum atomic E-state index is -2.73. The molecule has 0 aromatic heterocycles. The third kappa shape index (κ3) is 3.66. The molecular formula is C20H6F12O2. The number of hydrogen-bond donors (Lipinski definition) is 0. The molecule has 0 aliphatic heterocycles. The first kappa shape index (κ1) is 25.1. The van der Waals surface area contributed by atoms with E-state index in [9.17, 15) is 52.7 Å². The molecule has 0 heterocycles. The van der Waals surface area contributed by atoms with Crippen LogP contribution in [0.1, 0.15) is 11.1 Å². The molecule has 34 heavy (non-hydrogen) atoms.